The first-order valence-corrected chi connectivity index (χ1v) is 6.98. The summed E-state index contributed by atoms with van der Waals surface area (Å²) in [5.41, 5.74) is 0.301. The molecule has 0 heterocycles. The predicted octanol–water partition coefficient (Wildman–Crippen LogP) is 4.65. The monoisotopic (exact) mass is 390 g/mol. The van der Waals surface area contributed by atoms with Gasteiger partial charge in [0.05, 0.1) is 6.61 Å². The summed E-state index contributed by atoms with van der Waals surface area (Å²) in [4.78, 5) is 11.6. The number of halogens is 2. The maximum atomic E-state index is 11.6. The molecule has 0 radical (unpaired) electrons. The molecule has 0 aliphatic rings. The lowest BCUT2D eigenvalue weighted by Crippen LogP contribution is -2.07. The second-order valence-electron chi connectivity index (χ2n) is 3.42. The van der Waals surface area contributed by atoms with Crippen LogP contribution in [-0.4, -0.2) is 17.7 Å². The fourth-order valence-corrected chi connectivity index (χ4v) is 2.30. The molecule has 0 amide bonds. The molecule has 1 N–H and O–H groups in total. The summed E-state index contributed by atoms with van der Waals surface area (Å²) in [6, 6.07) is 5.41. The van der Waals surface area contributed by atoms with E-state index in [1.807, 2.05) is 6.07 Å². The van der Waals surface area contributed by atoms with Gasteiger partial charge in [0.25, 0.3) is 0 Å². The van der Waals surface area contributed by atoms with Crippen LogP contribution >= 0.6 is 31.9 Å². The number of aliphatic hydroxyl groups is 1. The molecule has 1 rings (SSSR count). The fourth-order valence-electron chi connectivity index (χ4n) is 1.14. The molecule has 7 heteroatoms. The van der Waals surface area contributed by atoms with Crippen molar-refractivity contribution in [1.82, 2.24) is 0 Å². The second kappa shape index (κ2) is 7.40. The number of nitrogens with zero attached hydrogens (tertiary/aromatic N) is 2. The summed E-state index contributed by atoms with van der Waals surface area (Å²) in [7, 11) is 0. The van der Waals surface area contributed by atoms with Crippen LogP contribution in [0.1, 0.15) is 13.8 Å². The van der Waals surface area contributed by atoms with Gasteiger partial charge >= 0.3 is 5.97 Å². The number of aliphatic hydroxyl groups excluding tert-OH is 1. The number of carbonyl (C=O) groups is 1. The molecule has 0 aliphatic carbocycles. The topological polar surface area (TPSA) is 71.2 Å². The molecule has 0 unspecified atom stereocenters. The normalized spacial score (nSPS) is 12.4. The quantitative estimate of drug-likeness (QED) is 0.351. The molecule has 0 saturated heterocycles. The van der Waals surface area contributed by atoms with Crippen molar-refractivity contribution in [2.45, 2.75) is 13.8 Å². The minimum Gasteiger partial charge on any atom is -0.510 e. The molecule has 102 valence electrons. The highest BCUT2D eigenvalue weighted by Crippen LogP contribution is 2.33. The van der Waals surface area contributed by atoms with Gasteiger partial charge in [-0.3, -0.25) is 0 Å². The van der Waals surface area contributed by atoms with E-state index < -0.39 is 5.97 Å². The number of benzene rings is 1. The van der Waals surface area contributed by atoms with Gasteiger partial charge in [-0.1, -0.05) is 6.07 Å². The Morgan fingerprint density at radius 3 is 2.42 bits per heavy atom. The van der Waals surface area contributed by atoms with Crippen molar-refractivity contribution < 1.29 is 14.6 Å². The van der Waals surface area contributed by atoms with Crippen LogP contribution in [0.3, 0.4) is 0 Å². The SMILES string of the molecule is CCOC(=O)/C(N=Nc1c(Br)cccc1Br)=C(\C)O. The Morgan fingerprint density at radius 1 is 1.37 bits per heavy atom. The first kappa shape index (κ1) is 15.8. The lowest BCUT2D eigenvalue weighted by atomic mass is 10.3. The Morgan fingerprint density at radius 2 is 1.95 bits per heavy atom. The smallest absolute Gasteiger partial charge is 0.362 e. The Hall–Kier alpha value is -1.21. The van der Waals surface area contributed by atoms with E-state index in [1.54, 1.807) is 19.1 Å². The summed E-state index contributed by atoms with van der Waals surface area (Å²) in [6.45, 7) is 3.22. The molecule has 0 aliphatic heterocycles. The van der Waals surface area contributed by atoms with Crippen LogP contribution in [0, 0.1) is 0 Å². The van der Waals surface area contributed by atoms with Crippen LogP contribution in [0.5, 0.6) is 0 Å². The number of esters is 1. The van der Waals surface area contributed by atoms with E-state index in [0.717, 1.165) is 0 Å². The molecule has 0 bridgehead atoms. The summed E-state index contributed by atoms with van der Waals surface area (Å²) < 4.78 is 6.21. The average molecular weight is 392 g/mol. The first-order chi connectivity index (χ1) is 8.97. The number of allylic oxidation sites excluding steroid dienone is 1. The number of hydrogen-bond acceptors (Lipinski definition) is 5. The zero-order valence-electron chi connectivity index (χ0n) is 10.4. The number of ether oxygens (including phenoxy) is 1. The van der Waals surface area contributed by atoms with Gasteiger partial charge < -0.3 is 9.84 Å². The summed E-state index contributed by atoms with van der Waals surface area (Å²) in [5, 5.41) is 17.1. The lowest BCUT2D eigenvalue weighted by Gasteiger charge is -2.03. The lowest BCUT2D eigenvalue weighted by molar-refractivity contribution is -0.138. The van der Waals surface area contributed by atoms with Crippen molar-refractivity contribution in [3.63, 3.8) is 0 Å². The number of azo groups is 1. The number of hydrogen-bond donors (Lipinski definition) is 1. The maximum Gasteiger partial charge on any atom is 0.362 e. The zero-order chi connectivity index (χ0) is 14.4. The van der Waals surface area contributed by atoms with Crippen LogP contribution in [-0.2, 0) is 9.53 Å². The molecule has 0 atom stereocenters. The number of carbonyl (C=O) groups excluding carboxylic acids is 1. The Kier molecular flexibility index (Phi) is 6.17. The third-order valence-corrected chi connectivity index (χ3v) is 3.28. The molecule has 0 fully saturated rings. The van der Waals surface area contributed by atoms with E-state index in [2.05, 4.69) is 42.1 Å². The van der Waals surface area contributed by atoms with Crippen molar-refractivity contribution in [2.75, 3.05) is 6.61 Å². The Labute approximate surface area is 127 Å². The van der Waals surface area contributed by atoms with Crippen molar-refractivity contribution in [3.8, 4) is 0 Å². The molecule has 0 saturated carbocycles. The van der Waals surface area contributed by atoms with Gasteiger partial charge in [-0.25, -0.2) is 4.79 Å². The minimum absolute atomic E-state index is 0.198. The van der Waals surface area contributed by atoms with Crippen LogP contribution in [0.15, 0.2) is 48.8 Å². The second-order valence-corrected chi connectivity index (χ2v) is 5.13. The van der Waals surface area contributed by atoms with E-state index in [9.17, 15) is 9.90 Å². The summed E-state index contributed by atoms with van der Waals surface area (Å²) >= 11 is 6.65. The molecular formula is C12H12Br2N2O3. The molecular weight excluding hydrogens is 380 g/mol. The van der Waals surface area contributed by atoms with E-state index >= 15 is 0 Å². The van der Waals surface area contributed by atoms with Gasteiger partial charge in [0, 0.05) is 8.95 Å². The van der Waals surface area contributed by atoms with Gasteiger partial charge in [0.1, 0.15) is 11.4 Å². The minimum atomic E-state index is -0.713. The van der Waals surface area contributed by atoms with E-state index in [1.165, 1.54) is 6.92 Å². The standard InChI is InChI=1S/C12H12Br2N2O3/c1-3-19-12(18)10(7(2)17)15-16-11-8(13)5-4-6-9(11)14/h4-6,17H,3H2,1-2H3/b10-7-,16-15?. The van der Waals surface area contributed by atoms with Crippen molar-refractivity contribution in [1.29, 1.82) is 0 Å². The average Bonchev–Trinajstić information content (AvgIpc) is 2.32. The number of rotatable bonds is 4. The largest absolute Gasteiger partial charge is 0.510 e. The Bertz CT molecular complexity index is 518. The summed E-state index contributed by atoms with van der Waals surface area (Å²) in [6.07, 6.45) is 0. The van der Waals surface area contributed by atoms with Crippen molar-refractivity contribution in [2.24, 2.45) is 10.2 Å². The van der Waals surface area contributed by atoms with Crippen LogP contribution < -0.4 is 0 Å². The van der Waals surface area contributed by atoms with E-state index in [-0.39, 0.29) is 18.1 Å². The highest BCUT2D eigenvalue weighted by molar-refractivity contribution is 9.11. The zero-order valence-corrected chi connectivity index (χ0v) is 13.5. The molecule has 0 aromatic heterocycles. The maximum absolute atomic E-state index is 11.6. The van der Waals surface area contributed by atoms with Crippen LogP contribution in [0.2, 0.25) is 0 Å². The molecule has 1 aromatic carbocycles. The van der Waals surface area contributed by atoms with E-state index in [0.29, 0.717) is 14.6 Å². The van der Waals surface area contributed by atoms with Crippen LogP contribution in [0.25, 0.3) is 0 Å². The van der Waals surface area contributed by atoms with Crippen molar-refractivity contribution in [3.05, 3.63) is 38.6 Å². The molecule has 0 spiro atoms. The summed E-state index contributed by atoms with van der Waals surface area (Å²) in [5.74, 6) is -0.959. The van der Waals surface area contributed by atoms with Gasteiger partial charge in [-0.2, -0.15) is 0 Å². The third-order valence-electron chi connectivity index (χ3n) is 2.00. The molecule has 1 aromatic rings. The van der Waals surface area contributed by atoms with Crippen molar-refractivity contribution >= 4 is 43.5 Å². The highest BCUT2D eigenvalue weighted by atomic mass is 79.9. The Balaban J connectivity index is 3.08. The predicted molar refractivity (Wildman–Crippen MR) is 78.3 cm³/mol. The van der Waals surface area contributed by atoms with E-state index in [4.69, 9.17) is 4.74 Å². The molecule has 5 nitrogen and oxygen atoms in total. The fraction of sp³-hybridized carbons (Fsp3) is 0.250. The van der Waals surface area contributed by atoms with Gasteiger partial charge in [0.2, 0.25) is 5.70 Å². The third kappa shape index (κ3) is 4.43. The molecule has 19 heavy (non-hydrogen) atoms. The van der Waals surface area contributed by atoms with Gasteiger partial charge in [0.15, 0.2) is 0 Å². The van der Waals surface area contributed by atoms with Crippen LogP contribution in [0.4, 0.5) is 5.69 Å². The van der Waals surface area contributed by atoms with Gasteiger partial charge in [-0.15, -0.1) is 10.2 Å². The van der Waals surface area contributed by atoms with Gasteiger partial charge in [-0.05, 0) is 57.8 Å². The highest BCUT2D eigenvalue weighted by Gasteiger charge is 2.14. The first-order valence-electron chi connectivity index (χ1n) is 5.40.